The first-order valence-electron chi connectivity index (χ1n) is 8.36. The lowest BCUT2D eigenvalue weighted by Crippen LogP contribution is -2.49. The van der Waals surface area contributed by atoms with Crippen LogP contribution in [0.5, 0.6) is 5.75 Å². The second-order valence-corrected chi connectivity index (χ2v) is 6.11. The fourth-order valence-electron chi connectivity index (χ4n) is 3.69. The van der Waals surface area contributed by atoms with Gasteiger partial charge in [-0.25, -0.2) is 0 Å². The Morgan fingerprint density at radius 3 is 2.83 bits per heavy atom. The Morgan fingerprint density at radius 2 is 2.13 bits per heavy atom. The number of methoxy groups -OCH3 is 1. The molecule has 2 heterocycles. The lowest BCUT2D eigenvalue weighted by atomic mass is 9.79. The van der Waals surface area contributed by atoms with Crippen LogP contribution in [0, 0.1) is 0 Å². The lowest BCUT2D eigenvalue weighted by Gasteiger charge is -2.45. The van der Waals surface area contributed by atoms with E-state index in [1.807, 2.05) is 24.0 Å². The van der Waals surface area contributed by atoms with Gasteiger partial charge < -0.3 is 19.1 Å². The molecule has 1 saturated heterocycles. The molecule has 0 N–H and O–H groups in total. The van der Waals surface area contributed by atoms with Gasteiger partial charge in [0.05, 0.1) is 13.7 Å². The van der Waals surface area contributed by atoms with Crippen molar-refractivity contribution in [2.24, 2.45) is 0 Å². The van der Waals surface area contributed by atoms with Crippen LogP contribution in [0.15, 0.2) is 18.2 Å². The van der Waals surface area contributed by atoms with Crippen LogP contribution in [0.1, 0.15) is 30.9 Å². The molecule has 1 amide bonds. The van der Waals surface area contributed by atoms with Crippen LogP contribution >= 0.6 is 0 Å². The third-order valence-corrected chi connectivity index (χ3v) is 4.89. The summed E-state index contributed by atoms with van der Waals surface area (Å²) in [4.78, 5) is 14.0. The van der Waals surface area contributed by atoms with Crippen LogP contribution in [0.4, 0.5) is 0 Å². The molecule has 0 aliphatic carbocycles. The molecule has 1 aromatic rings. The molecule has 0 unspecified atom stereocenters. The predicted molar refractivity (Wildman–Crippen MR) is 86.6 cm³/mol. The summed E-state index contributed by atoms with van der Waals surface area (Å²) in [7, 11) is 1.71. The maximum Gasteiger partial charge on any atom is 0.248 e. The highest BCUT2D eigenvalue weighted by Crippen LogP contribution is 2.45. The SMILES string of the molecule is CCOCC(=O)N1CCC2(CC1)OCCc1cccc(OC)c12. The molecule has 2 aliphatic rings. The number of benzene rings is 1. The summed E-state index contributed by atoms with van der Waals surface area (Å²) in [6, 6.07) is 6.20. The number of amides is 1. The molecule has 126 valence electrons. The summed E-state index contributed by atoms with van der Waals surface area (Å²) < 4.78 is 17.1. The molecule has 23 heavy (non-hydrogen) atoms. The number of rotatable bonds is 4. The Hall–Kier alpha value is -1.59. The molecule has 5 nitrogen and oxygen atoms in total. The van der Waals surface area contributed by atoms with Gasteiger partial charge in [0.25, 0.3) is 0 Å². The molecule has 1 aromatic carbocycles. The van der Waals surface area contributed by atoms with Crippen LogP contribution < -0.4 is 4.74 Å². The van der Waals surface area contributed by atoms with Crippen LogP contribution in [0.25, 0.3) is 0 Å². The Labute approximate surface area is 137 Å². The van der Waals surface area contributed by atoms with Crippen molar-refractivity contribution in [1.82, 2.24) is 4.90 Å². The monoisotopic (exact) mass is 319 g/mol. The molecule has 0 aromatic heterocycles. The van der Waals surface area contributed by atoms with Crippen molar-refractivity contribution in [3.63, 3.8) is 0 Å². The summed E-state index contributed by atoms with van der Waals surface area (Å²) in [5.41, 5.74) is 2.18. The molecule has 5 heteroatoms. The number of ether oxygens (including phenoxy) is 3. The van der Waals surface area contributed by atoms with Crippen molar-refractivity contribution < 1.29 is 19.0 Å². The van der Waals surface area contributed by atoms with Crippen molar-refractivity contribution >= 4 is 5.91 Å². The van der Waals surface area contributed by atoms with Crippen molar-refractivity contribution in [1.29, 1.82) is 0 Å². The van der Waals surface area contributed by atoms with Crippen molar-refractivity contribution in [3.05, 3.63) is 29.3 Å². The summed E-state index contributed by atoms with van der Waals surface area (Å²) in [6.45, 7) is 4.76. The summed E-state index contributed by atoms with van der Waals surface area (Å²) in [6.07, 6.45) is 2.53. The number of piperidine rings is 1. The van der Waals surface area contributed by atoms with E-state index in [4.69, 9.17) is 14.2 Å². The number of hydrogen-bond acceptors (Lipinski definition) is 4. The standard InChI is InChI=1S/C18H25NO4/c1-3-22-13-16(20)19-10-8-18(9-11-19)17-14(7-12-23-18)5-4-6-15(17)21-2/h4-6H,3,7-13H2,1-2H3. The minimum absolute atomic E-state index is 0.0674. The van der Waals surface area contributed by atoms with Crippen LogP contribution in [0.3, 0.4) is 0 Å². The third-order valence-electron chi connectivity index (χ3n) is 4.89. The quantitative estimate of drug-likeness (QED) is 0.853. The van der Waals surface area contributed by atoms with Gasteiger partial charge in [-0.15, -0.1) is 0 Å². The Bertz CT molecular complexity index is 550. The van der Waals surface area contributed by atoms with E-state index >= 15 is 0 Å². The van der Waals surface area contributed by atoms with Gasteiger partial charge in [-0.1, -0.05) is 12.1 Å². The lowest BCUT2D eigenvalue weighted by molar-refractivity contribution is -0.145. The van der Waals surface area contributed by atoms with Gasteiger partial charge in [-0.05, 0) is 37.8 Å². The molecule has 0 atom stereocenters. The number of nitrogens with zero attached hydrogens (tertiary/aromatic N) is 1. The first-order chi connectivity index (χ1) is 11.2. The first-order valence-corrected chi connectivity index (χ1v) is 8.36. The largest absolute Gasteiger partial charge is 0.496 e. The highest BCUT2D eigenvalue weighted by molar-refractivity contribution is 5.77. The van der Waals surface area contributed by atoms with Gasteiger partial charge >= 0.3 is 0 Å². The average Bonchev–Trinajstić information content (AvgIpc) is 2.60. The number of likely N-dealkylation sites (tertiary alicyclic amines) is 1. The van der Waals surface area contributed by atoms with E-state index in [9.17, 15) is 4.79 Å². The van der Waals surface area contributed by atoms with E-state index in [2.05, 4.69) is 6.07 Å². The molecule has 0 radical (unpaired) electrons. The van der Waals surface area contributed by atoms with E-state index < -0.39 is 0 Å². The predicted octanol–water partition coefficient (Wildman–Crippen LogP) is 2.12. The zero-order chi connectivity index (χ0) is 16.3. The molecule has 0 saturated carbocycles. The number of fused-ring (bicyclic) bond motifs is 2. The summed E-state index contributed by atoms with van der Waals surface area (Å²) in [5.74, 6) is 0.967. The Kier molecular flexibility index (Phi) is 4.87. The highest BCUT2D eigenvalue weighted by atomic mass is 16.5. The fourth-order valence-corrected chi connectivity index (χ4v) is 3.69. The topological polar surface area (TPSA) is 48.0 Å². The van der Waals surface area contributed by atoms with Gasteiger partial charge in [0.2, 0.25) is 5.91 Å². The third kappa shape index (κ3) is 3.08. The molecular weight excluding hydrogens is 294 g/mol. The van der Waals surface area contributed by atoms with Crippen molar-refractivity contribution in [2.45, 2.75) is 31.8 Å². The molecule has 1 fully saturated rings. The van der Waals surface area contributed by atoms with E-state index in [0.717, 1.165) is 31.6 Å². The van der Waals surface area contributed by atoms with Gasteiger partial charge in [0.15, 0.2) is 0 Å². The summed E-state index contributed by atoms with van der Waals surface area (Å²) in [5, 5.41) is 0. The smallest absolute Gasteiger partial charge is 0.248 e. The van der Waals surface area contributed by atoms with E-state index in [0.29, 0.717) is 19.7 Å². The zero-order valence-corrected chi connectivity index (χ0v) is 14.0. The van der Waals surface area contributed by atoms with Crippen molar-refractivity contribution in [2.75, 3.05) is 40.0 Å². The Morgan fingerprint density at radius 1 is 1.35 bits per heavy atom. The van der Waals surface area contributed by atoms with Gasteiger partial charge in [-0.3, -0.25) is 4.79 Å². The van der Waals surface area contributed by atoms with Crippen LogP contribution in [-0.2, 0) is 26.3 Å². The normalized spacial score (nSPS) is 19.5. The minimum atomic E-state index is -0.317. The number of carbonyl (C=O) groups is 1. The molecule has 0 bridgehead atoms. The number of hydrogen-bond donors (Lipinski definition) is 0. The Balaban J connectivity index is 1.78. The van der Waals surface area contributed by atoms with Gasteiger partial charge in [0, 0.05) is 25.3 Å². The molecule has 1 spiro atoms. The van der Waals surface area contributed by atoms with E-state index in [1.54, 1.807) is 7.11 Å². The molecule has 3 rings (SSSR count). The minimum Gasteiger partial charge on any atom is -0.496 e. The van der Waals surface area contributed by atoms with E-state index in [1.165, 1.54) is 11.1 Å². The molecular formula is C18H25NO4. The second kappa shape index (κ2) is 6.89. The van der Waals surface area contributed by atoms with Crippen LogP contribution in [0.2, 0.25) is 0 Å². The van der Waals surface area contributed by atoms with Gasteiger partial charge in [-0.2, -0.15) is 0 Å². The molecule has 2 aliphatic heterocycles. The van der Waals surface area contributed by atoms with E-state index in [-0.39, 0.29) is 18.1 Å². The first kappa shape index (κ1) is 16.3. The highest BCUT2D eigenvalue weighted by Gasteiger charge is 2.43. The second-order valence-electron chi connectivity index (χ2n) is 6.11. The van der Waals surface area contributed by atoms with Crippen molar-refractivity contribution in [3.8, 4) is 5.75 Å². The van der Waals surface area contributed by atoms with Gasteiger partial charge in [0.1, 0.15) is 18.0 Å². The summed E-state index contributed by atoms with van der Waals surface area (Å²) >= 11 is 0. The van der Waals surface area contributed by atoms with Crippen LogP contribution in [-0.4, -0.2) is 50.8 Å². The maximum absolute atomic E-state index is 12.1. The average molecular weight is 319 g/mol. The maximum atomic E-state index is 12.1. The zero-order valence-electron chi connectivity index (χ0n) is 14.0. The fraction of sp³-hybridized carbons (Fsp3) is 0.611. The number of carbonyl (C=O) groups excluding carboxylic acids is 1.